The second kappa shape index (κ2) is 7.06. The summed E-state index contributed by atoms with van der Waals surface area (Å²) >= 11 is 5.23. The normalized spacial score (nSPS) is 12.1. The van der Waals surface area contributed by atoms with E-state index in [0.29, 0.717) is 0 Å². The van der Waals surface area contributed by atoms with Crippen LogP contribution in [0.3, 0.4) is 0 Å². The zero-order valence-electron chi connectivity index (χ0n) is 12.0. The lowest BCUT2D eigenvalue weighted by Crippen LogP contribution is -2.18. The Morgan fingerprint density at radius 3 is 2.71 bits per heavy atom. The lowest BCUT2D eigenvalue weighted by molar-refractivity contribution is 0.318. The van der Waals surface area contributed by atoms with Crippen molar-refractivity contribution in [2.24, 2.45) is 10.9 Å². The highest BCUT2D eigenvalue weighted by Gasteiger charge is 2.08. The number of nitrogens with two attached hydrogens (primary N) is 1. The number of halogens is 1. The van der Waals surface area contributed by atoms with Gasteiger partial charge in [-0.05, 0) is 53.2 Å². The summed E-state index contributed by atoms with van der Waals surface area (Å²) in [5, 5.41) is 13.8. The standard InChI is InChI=1S/C15H18BrN3OS/c1-10-5-11(15(17)18-20)3-4-12(10)7-19(2)8-14-6-13(16)9-21-14/h3-6,9,20H,7-8H2,1-2H3,(H2,17,18). The minimum atomic E-state index is 0.140. The Hall–Kier alpha value is -1.37. The Bertz CT molecular complexity index is 654. The molecule has 4 nitrogen and oxygen atoms in total. The highest BCUT2D eigenvalue weighted by Crippen LogP contribution is 2.22. The Balaban J connectivity index is 2.05. The molecule has 0 saturated carbocycles. The van der Waals surface area contributed by atoms with Crippen LogP contribution in [0.4, 0.5) is 0 Å². The van der Waals surface area contributed by atoms with Crippen molar-refractivity contribution in [1.82, 2.24) is 4.90 Å². The lowest BCUT2D eigenvalue weighted by Gasteiger charge is -2.17. The summed E-state index contributed by atoms with van der Waals surface area (Å²) in [6.07, 6.45) is 0. The SMILES string of the molecule is Cc1cc(/C(N)=N/O)ccc1CN(C)Cc1cc(Br)cs1. The van der Waals surface area contributed by atoms with E-state index in [1.54, 1.807) is 11.3 Å². The first-order chi connectivity index (χ1) is 9.99. The summed E-state index contributed by atoms with van der Waals surface area (Å²) in [4.78, 5) is 3.60. The largest absolute Gasteiger partial charge is 0.409 e. The number of thiophene rings is 1. The quantitative estimate of drug-likeness (QED) is 0.367. The molecule has 0 bridgehead atoms. The number of oxime groups is 1. The Labute approximate surface area is 137 Å². The summed E-state index contributed by atoms with van der Waals surface area (Å²) in [7, 11) is 2.10. The number of hydrogen-bond donors (Lipinski definition) is 2. The third kappa shape index (κ3) is 4.30. The zero-order valence-corrected chi connectivity index (χ0v) is 14.4. The van der Waals surface area contributed by atoms with E-state index in [2.05, 4.69) is 44.5 Å². The molecule has 0 unspecified atom stereocenters. The van der Waals surface area contributed by atoms with E-state index in [4.69, 9.17) is 10.9 Å². The number of rotatable bonds is 5. The summed E-state index contributed by atoms with van der Waals surface area (Å²) < 4.78 is 1.13. The molecule has 0 aliphatic carbocycles. The van der Waals surface area contributed by atoms with Gasteiger partial charge in [-0.15, -0.1) is 11.3 Å². The molecule has 1 aromatic heterocycles. The maximum atomic E-state index is 8.71. The van der Waals surface area contributed by atoms with Crippen LogP contribution in [0.15, 0.2) is 39.3 Å². The summed E-state index contributed by atoms with van der Waals surface area (Å²) in [5.74, 6) is 0.140. The van der Waals surface area contributed by atoms with E-state index in [1.165, 1.54) is 10.4 Å². The number of amidine groups is 1. The Morgan fingerprint density at radius 2 is 2.14 bits per heavy atom. The third-order valence-electron chi connectivity index (χ3n) is 3.23. The van der Waals surface area contributed by atoms with Crippen molar-refractivity contribution < 1.29 is 5.21 Å². The molecule has 0 atom stereocenters. The van der Waals surface area contributed by atoms with Crippen LogP contribution < -0.4 is 5.73 Å². The first kappa shape index (κ1) is 16.0. The molecule has 0 spiro atoms. The van der Waals surface area contributed by atoms with Gasteiger partial charge in [-0.25, -0.2) is 0 Å². The molecule has 0 fully saturated rings. The van der Waals surface area contributed by atoms with Crippen molar-refractivity contribution in [3.8, 4) is 0 Å². The van der Waals surface area contributed by atoms with Gasteiger partial charge < -0.3 is 10.9 Å². The van der Waals surface area contributed by atoms with Crippen molar-refractivity contribution in [3.05, 3.63) is 55.7 Å². The van der Waals surface area contributed by atoms with E-state index >= 15 is 0 Å². The van der Waals surface area contributed by atoms with Crippen LogP contribution in [0, 0.1) is 6.92 Å². The minimum absolute atomic E-state index is 0.140. The van der Waals surface area contributed by atoms with Crippen LogP contribution in [0.5, 0.6) is 0 Å². The predicted molar refractivity (Wildman–Crippen MR) is 90.9 cm³/mol. The summed E-state index contributed by atoms with van der Waals surface area (Å²) in [6, 6.07) is 8.01. The molecule has 2 rings (SSSR count). The van der Waals surface area contributed by atoms with E-state index < -0.39 is 0 Å². The highest BCUT2D eigenvalue weighted by molar-refractivity contribution is 9.10. The van der Waals surface area contributed by atoms with Gasteiger partial charge >= 0.3 is 0 Å². The maximum Gasteiger partial charge on any atom is 0.170 e. The van der Waals surface area contributed by atoms with Gasteiger partial charge in [0, 0.05) is 33.4 Å². The van der Waals surface area contributed by atoms with Crippen molar-refractivity contribution in [2.75, 3.05) is 7.05 Å². The van der Waals surface area contributed by atoms with Gasteiger partial charge in [0.05, 0.1) is 0 Å². The van der Waals surface area contributed by atoms with E-state index in [-0.39, 0.29) is 5.84 Å². The van der Waals surface area contributed by atoms with Gasteiger partial charge in [-0.1, -0.05) is 17.3 Å². The van der Waals surface area contributed by atoms with E-state index in [9.17, 15) is 0 Å². The highest BCUT2D eigenvalue weighted by atomic mass is 79.9. The van der Waals surface area contributed by atoms with Crippen LogP contribution in [-0.4, -0.2) is 23.0 Å². The molecule has 0 aliphatic rings. The molecule has 0 radical (unpaired) electrons. The van der Waals surface area contributed by atoms with E-state index in [0.717, 1.165) is 28.7 Å². The smallest absolute Gasteiger partial charge is 0.170 e. The molecule has 0 saturated heterocycles. The molecule has 3 N–H and O–H groups in total. The van der Waals surface area contributed by atoms with Gasteiger partial charge in [0.1, 0.15) is 0 Å². The third-order valence-corrected chi connectivity index (χ3v) is 4.92. The molecule has 0 amide bonds. The van der Waals surface area contributed by atoms with Crippen molar-refractivity contribution >= 4 is 33.1 Å². The molecule has 21 heavy (non-hydrogen) atoms. The topological polar surface area (TPSA) is 61.9 Å². The number of benzene rings is 1. The molecular formula is C15H18BrN3OS. The fourth-order valence-corrected chi connectivity index (χ4v) is 3.67. The van der Waals surface area contributed by atoms with Crippen LogP contribution >= 0.6 is 27.3 Å². The Kier molecular flexibility index (Phi) is 5.39. The molecule has 1 aromatic carbocycles. The van der Waals surface area contributed by atoms with Crippen molar-refractivity contribution in [2.45, 2.75) is 20.0 Å². The Morgan fingerprint density at radius 1 is 1.38 bits per heavy atom. The fraction of sp³-hybridized carbons (Fsp3) is 0.267. The monoisotopic (exact) mass is 367 g/mol. The first-order valence-corrected chi connectivity index (χ1v) is 8.15. The second-order valence-corrected chi connectivity index (χ2v) is 6.94. The average Bonchev–Trinajstić information content (AvgIpc) is 2.85. The fourth-order valence-electron chi connectivity index (χ4n) is 2.14. The van der Waals surface area contributed by atoms with Crippen LogP contribution in [0.1, 0.15) is 21.6 Å². The minimum Gasteiger partial charge on any atom is -0.409 e. The van der Waals surface area contributed by atoms with Gasteiger partial charge in [0.25, 0.3) is 0 Å². The molecular weight excluding hydrogens is 350 g/mol. The molecule has 1 heterocycles. The maximum absolute atomic E-state index is 8.71. The predicted octanol–water partition coefficient (Wildman–Crippen LogP) is 3.55. The summed E-state index contributed by atoms with van der Waals surface area (Å²) in [5.41, 5.74) is 8.72. The number of aryl methyl sites for hydroxylation is 1. The van der Waals surface area contributed by atoms with Crippen LogP contribution in [-0.2, 0) is 13.1 Å². The van der Waals surface area contributed by atoms with Crippen molar-refractivity contribution in [3.63, 3.8) is 0 Å². The molecule has 6 heteroatoms. The van der Waals surface area contributed by atoms with Gasteiger partial charge in [-0.2, -0.15) is 0 Å². The molecule has 2 aromatic rings. The molecule has 0 aliphatic heterocycles. The van der Waals surface area contributed by atoms with Crippen LogP contribution in [0.25, 0.3) is 0 Å². The average molecular weight is 368 g/mol. The molecule has 112 valence electrons. The summed E-state index contributed by atoms with van der Waals surface area (Å²) in [6.45, 7) is 3.81. The van der Waals surface area contributed by atoms with Gasteiger partial charge in [0.15, 0.2) is 5.84 Å². The van der Waals surface area contributed by atoms with Gasteiger partial charge in [-0.3, -0.25) is 4.90 Å². The van der Waals surface area contributed by atoms with Gasteiger partial charge in [0.2, 0.25) is 0 Å². The first-order valence-electron chi connectivity index (χ1n) is 6.48. The zero-order chi connectivity index (χ0) is 15.4. The van der Waals surface area contributed by atoms with Crippen molar-refractivity contribution in [1.29, 1.82) is 0 Å². The van der Waals surface area contributed by atoms with Crippen LogP contribution in [0.2, 0.25) is 0 Å². The lowest BCUT2D eigenvalue weighted by atomic mass is 10.0. The number of hydrogen-bond acceptors (Lipinski definition) is 4. The van der Waals surface area contributed by atoms with E-state index in [1.807, 2.05) is 25.1 Å². The number of nitrogens with zero attached hydrogens (tertiary/aromatic N) is 2. The second-order valence-electron chi connectivity index (χ2n) is 5.03.